The molecule has 0 aliphatic rings. The lowest BCUT2D eigenvalue weighted by Gasteiger charge is -2.14. The highest BCUT2D eigenvalue weighted by Crippen LogP contribution is 2.21. The SMILES string of the molecule is CCN(C)Cn1c(=O)n(Cc2ccc(Br)cc2)c2nc(S(=N)(=O)CC)nc(N)c21. The van der Waals surface area contributed by atoms with Crippen LogP contribution in [0, 0.1) is 4.78 Å². The molecule has 1 unspecified atom stereocenters. The molecule has 3 aromatic rings. The molecular formula is C18H24BrN7O2S. The van der Waals surface area contributed by atoms with Gasteiger partial charge in [0.25, 0.3) is 0 Å². The van der Waals surface area contributed by atoms with E-state index >= 15 is 0 Å². The number of nitrogens with zero attached hydrogens (tertiary/aromatic N) is 5. The van der Waals surface area contributed by atoms with Crippen molar-refractivity contribution in [2.75, 3.05) is 25.1 Å². The predicted octanol–water partition coefficient (Wildman–Crippen LogP) is 2.32. The van der Waals surface area contributed by atoms with Crippen LogP contribution in [0.3, 0.4) is 0 Å². The Balaban J connectivity index is 2.28. The first-order valence-corrected chi connectivity index (χ1v) is 11.7. The molecule has 29 heavy (non-hydrogen) atoms. The second-order valence-electron chi connectivity index (χ2n) is 6.76. The smallest absolute Gasteiger partial charge is 0.331 e. The van der Waals surface area contributed by atoms with Gasteiger partial charge in [-0.15, -0.1) is 0 Å². The van der Waals surface area contributed by atoms with Gasteiger partial charge in [0.1, 0.15) is 15.2 Å². The van der Waals surface area contributed by atoms with E-state index in [1.165, 1.54) is 9.13 Å². The third-order valence-electron chi connectivity index (χ3n) is 4.74. The minimum absolute atomic E-state index is 0.0505. The van der Waals surface area contributed by atoms with Crippen molar-refractivity contribution >= 4 is 42.6 Å². The fourth-order valence-electron chi connectivity index (χ4n) is 2.88. The van der Waals surface area contributed by atoms with E-state index in [1.807, 2.05) is 43.1 Å². The molecule has 0 aliphatic heterocycles. The molecule has 0 saturated carbocycles. The van der Waals surface area contributed by atoms with Crippen LogP contribution in [0.25, 0.3) is 11.2 Å². The fourth-order valence-corrected chi connectivity index (χ4v) is 3.88. The molecule has 0 saturated heterocycles. The number of nitrogen functional groups attached to an aromatic ring is 1. The fraction of sp³-hybridized carbons (Fsp3) is 0.389. The van der Waals surface area contributed by atoms with Gasteiger partial charge in [-0.05, 0) is 31.3 Å². The van der Waals surface area contributed by atoms with Gasteiger partial charge >= 0.3 is 5.69 Å². The lowest BCUT2D eigenvalue weighted by Crippen LogP contribution is -2.31. The highest BCUT2D eigenvalue weighted by Gasteiger charge is 2.23. The Hall–Kier alpha value is -2.24. The lowest BCUT2D eigenvalue weighted by molar-refractivity contribution is 0.281. The Morgan fingerprint density at radius 2 is 1.86 bits per heavy atom. The number of hydrogen-bond acceptors (Lipinski definition) is 7. The summed E-state index contributed by atoms with van der Waals surface area (Å²) in [5.74, 6) is 0.114. The maximum absolute atomic E-state index is 13.2. The number of benzene rings is 1. The van der Waals surface area contributed by atoms with E-state index in [1.54, 1.807) is 6.92 Å². The maximum Gasteiger partial charge on any atom is 0.331 e. The summed E-state index contributed by atoms with van der Waals surface area (Å²) in [6, 6.07) is 7.60. The van der Waals surface area contributed by atoms with Gasteiger partial charge in [0.05, 0.1) is 13.2 Å². The quantitative estimate of drug-likeness (QED) is 0.499. The second-order valence-corrected chi connectivity index (χ2v) is 9.97. The largest absolute Gasteiger partial charge is 0.382 e. The molecule has 3 N–H and O–H groups in total. The summed E-state index contributed by atoms with van der Waals surface area (Å²) in [7, 11) is -1.29. The third kappa shape index (κ3) is 4.21. The van der Waals surface area contributed by atoms with Crippen LogP contribution < -0.4 is 11.4 Å². The van der Waals surface area contributed by atoms with Gasteiger partial charge in [-0.25, -0.2) is 18.8 Å². The summed E-state index contributed by atoms with van der Waals surface area (Å²) >= 11 is 3.40. The van der Waals surface area contributed by atoms with Crippen LogP contribution in [0.4, 0.5) is 5.82 Å². The molecule has 0 spiro atoms. The molecule has 2 aromatic heterocycles. The topological polar surface area (TPSA) is 123 Å². The number of hydrogen-bond donors (Lipinski definition) is 2. The average Bonchev–Trinajstić information content (AvgIpc) is 2.95. The monoisotopic (exact) mass is 481 g/mol. The molecule has 0 bridgehead atoms. The van der Waals surface area contributed by atoms with E-state index < -0.39 is 9.73 Å². The van der Waals surface area contributed by atoms with E-state index in [-0.39, 0.29) is 29.0 Å². The van der Waals surface area contributed by atoms with Crippen molar-refractivity contribution in [3.63, 3.8) is 0 Å². The number of aromatic nitrogens is 4. The van der Waals surface area contributed by atoms with Gasteiger partial charge in [-0.3, -0.25) is 14.0 Å². The first-order valence-electron chi connectivity index (χ1n) is 9.14. The Morgan fingerprint density at radius 3 is 2.45 bits per heavy atom. The van der Waals surface area contributed by atoms with E-state index in [4.69, 9.17) is 10.5 Å². The van der Waals surface area contributed by atoms with Gasteiger partial charge in [0.15, 0.2) is 11.5 Å². The molecule has 0 fully saturated rings. The zero-order valence-electron chi connectivity index (χ0n) is 16.6. The number of halogens is 1. The van der Waals surface area contributed by atoms with Crippen LogP contribution in [0.15, 0.2) is 38.7 Å². The van der Waals surface area contributed by atoms with E-state index in [9.17, 15) is 9.00 Å². The van der Waals surface area contributed by atoms with E-state index in [0.717, 1.165) is 16.6 Å². The van der Waals surface area contributed by atoms with Gasteiger partial charge < -0.3 is 5.73 Å². The van der Waals surface area contributed by atoms with Gasteiger partial charge in [-0.2, -0.15) is 4.98 Å². The van der Waals surface area contributed by atoms with Crippen LogP contribution in [-0.4, -0.2) is 47.6 Å². The van der Waals surface area contributed by atoms with Crippen LogP contribution in [0.5, 0.6) is 0 Å². The van der Waals surface area contributed by atoms with Crippen molar-refractivity contribution in [1.82, 2.24) is 24.0 Å². The minimum atomic E-state index is -3.18. The Kier molecular flexibility index (Phi) is 6.11. The third-order valence-corrected chi connectivity index (χ3v) is 6.85. The molecule has 2 heterocycles. The first kappa shape index (κ1) is 21.5. The molecule has 0 radical (unpaired) electrons. The van der Waals surface area contributed by atoms with Crippen molar-refractivity contribution in [3.05, 3.63) is 44.8 Å². The molecule has 156 valence electrons. The summed E-state index contributed by atoms with van der Waals surface area (Å²) in [4.78, 5) is 23.7. The van der Waals surface area contributed by atoms with Gasteiger partial charge in [0, 0.05) is 10.2 Å². The minimum Gasteiger partial charge on any atom is -0.382 e. The first-order chi connectivity index (χ1) is 13.7. The Morgan fingerprint density at radius 1 is 1.21 bits per heavy atom. The molecule has 3 rings (SSSR count). The summed E-state index contributed by atoms with van der Waals surface area (Å²) in [5.41, 5.74) is 7.46. The highest BCUT2D eigenvalue weighted by atomic mass is 79.9. The van der Waals surface area contributed by atoms with Crippen molar-refractivity contribution in [2.45, 2.75) is 32.2 Å². The number of rotatable bonds is 7. The van der Waals surface area contributed by atoms with Gasteiger partial charge in [-0.1, -0.05) is 41.9 Å². The maximum atomic E-state index is 13.2. The zero-order valence-corrected chi connectivity index (χ0v) is 19.0. The van der Waals surface area contributed by atoms with Gasteiger partial charge in [0.2, 0.25) is 5.16 Å². The average molecular weight is 482 g/mol. The van der Waals surface area contributed by atoms with Crippen molar-refractivity contribution in [1.29, 1.82) is 4.78 Å². The number of nitrogens with two attached hydrogens (primary N) is 1. The molecule has 0 amide bonds. The summed E-state index contributed by atoms with van der Waals surface area (Å²) in [6.45, 7) is 4.94. The van der Waals surface area contributed by atoms with Crippen LogP contribution in [0.1, 0.15) is 19.4 Å². The highest BCUT2D eigenvalue weighted by molar-refractivity contribution is 9.10. The van der Waals surface area contributed by atoms with Crippen molar-refractivity contribution in [2.24, 2.45) is 0 Å². The summed E-state index contributed by atoms with van der Waals surface area (Å²) < 4.78 is 24.6. The Labute approximate surface area is 177 Å². The summed E-state index contributed by atoms with van der Waals surface area (Å²) in [5, 5.41) is -0.143. The molecule has 9 nitrogen and oxygen atoms in total. The number of nitrogens with one attached hydrogen (secondary N) is 1. The Bertz CT molecular complexity index is 1200. The van der Waals surface area contributed by atoms with E-state index in [2.05, 4.69) is 25.9 Å². The molecule has 1 atom stereocenters. The lowest BCUT2D eigenvalue weighted by atomic mass is 10.2. The number of anilines is 1. The van der Waals surface area contributed by atoms with Crippen molar-refractivity contribution < 1.29 is 4.21 Å². The predicted molar refractivity (Wildman–Crippen MR) is 117 cm³/mol. The molecule has 0 aliphatic carbocycles. The van der Waals surface area contributed by atoms with Crippen LogP contribution in [0.2, 0.25) is 0 Å². The molecular weight excluding hydrogens is 458 g/mol. The van der Waals surface area contributed by atoms with Crippen molar-refractivity contribution in [3.8, 4) is 0 Å². The van der Waals surface area contributed by atoms with E-state index in [0.29, 0.717) is 17.8 Å². The number of fused-ring (bicyclic) bond motifs is 1. The standard InChI is InChI=1S/C18H24BrN7O2S/c1-4-24(3)11-26-14-15(20)22-17(29(21,28)5-2)23-16(14)25(18(26)27)10-12-6-8-13(19)9-7-12/h6-9,21H,4-5,10-11H2,1-3H3,(H2,20,22,23). The molecule has 11 heteroatoms. The zero-order chi connectivity index (χ0) is 21.3. The normalized spacial score (nSPS) is 13.8. The molecule has 1 aromatic carbocycles. The second kappa shape index (κ2) is 8.25. The summed E-state index contributed by atoms with van der Waals surface area (Å²) in [6.07, 6.45) is 0. The van der Waals surface area contributed by atoms with Crippen LogP contribution in [-0.2, 0) is 22.9 Å². The van der Waals surface area contributed by atoms with Crippen LogP contribution >= 0.6 is 15.9 Å². The number of imidazole rings is 1.